The number of anilines is 1. The first kappa shape index (κ1) is 12.4. The third kappa shape index (κ3) is 1.99. The van der Waals surface area contributed by atoms with Crippen LogP contribution in [0.4, 0.5) is 5.95 Å². The van der Waals surface area contributed by atoms with E-state index in [1.54, 1.807) is 0 Å². The quantitative estimate of drug-likeness (QED) is 0.554. The van der Waals surface area contributed by atoms with Crippen molar-refractivity contribution in [1.29, 1.82) is 0 Å². The van der Waals surface area contributed by atoms with E-state index in [0.29, 0.717) is 5.95 Å². The zero-order valence-electron chi connectivity index (χ0n) is 11.1. The van der Waals surface area contributed by atoms with Crippen LogP contribution in [0, 0.1) is 0 Å². The molecule has 4 aromatic rings. The van der Waals surface area contributed by atoms with Gasteiger partial charge in [-0.25, -0.2) is 4.98 Å². The van der Waals surface area contributed by atoms with Gasteiger partial charge in [-0.2, -0.15) is 0 Å². The molecule has 0 spiro atoms. The molecular formula is C17H12BrN3. The van der Waals surface area contributed by atoms with Crippen molar-refractivity contribution in [3.63, 3.8) is 0 Å². The highest BCUT2D eigenvalue weighted by atomic mass is 79.9. The Morgan fingerprint density at radius 2 is 1.71 bits per heavy atom. The van der Waals surface area contributed by atoms with Gasteiger partial charge in [0.1, 0.15) is 0 Å². The van der Waals surface area contributed by atoms with Gasteiger partial charge < -0.3 is 5.73 Å². The van der Waals surface area contributed by atoms with E-state index in [4.69, 9.17) is 5.73 Å². The minimum atomic E-state index is 0.499. The molecule has 0 unspecified atom stereocenters. The number of imidazole rings is 1. The standard InChI is InChI=1S/C17H12BrN3/c18-13-6-8-15-16(10-13)21(17(19)20-15)14-7-5-11-3-1-2-4-12(11)9-14/h1-10H,(H2,19,20). The monoisotopic (exact) mass is 337 g/mol. The Morgan fingerprint density at radius 1 is 0.905 bits per heavy atom. The summed E-state index contributed by atoms with van der Waals surface area (Å²) in [6.07, 6.45) is 0. The first-order valence-electron chi connectivity index (χ1n) is 6.65. The molecule has 4 heteroatoms. The molecule has 2 N–H and O–H groups in total. The molecule has 0 aliphatic rings. The minimum absolute atomic E-state index is 0.499. The number of hydrogen-bond donors (Lipinski definition) is 1. The second kappa shape index (κ2) is 4.60. The summed E-state index contributed by atoms with van der Waals surface area (Å²) in [4.78, 5) is 4.43. The van der Waals surface area contributed by atoms with Crippen LogP contribution in [0.2, 0.25) is 0 Å². The van der Waals surface area contributed by atoms with Gasteiger partial charge in [0.15, 0.2) is 0 Å². The summed E-state index contributed by atoms with van der Waals surface area (Å²) < 4.78 is 2.99. The summed E-state index contributed by atoms with van der Waals surface area (Å²) in [5.41, 5.74) is 9.03. The number of nitrogens with zero attached hydrogens (tertiary/aromatic N) is 2. The Kier molecular flexibility index (Phi) is 2.72. The van der Waals surface area contributed by atoms with Crippen molar-refractivity contribution in [2.24, 2.45) is 0 Å². The van der Waals surface area contributed by atoms with E-state index in [2.05, 4.69) is 51.2 Å². The van der Waals surface area contributed by atoms with E-state index >= 15 is 0 Å². The number of hydrogen-bond acceptors (Lipinski definition) is 2. The van der Waals surface area contributed by atoms with Crippen LogP contribution in [0.15, 0.2) is 65.1 Å². The number of nitrogen functional groups attached to an aromatic ring is 1. The lowest BCUT2D eigenvalue weighted by atomic mass is 10.1. The van der Waals surface area contributed by atoms with Crippen LogP contribution in [0.25, 0.3) is 27.5 Å². The fourth-order valence-corrected chi connectivity index (χ4v) is 3.00. The molecule has 3 nitrogen and oxygen atoms in total. The molecular weight excluding hydrogens is 326 g/mol. The summed E-state index contributed by atoms with van der Waals surface area (Å²) >= 11 is 3.51. The molecule has 1 heterocycles. The maximum atomic E-state index is 6.12. The maximum absolute atomic E-state index is 6.12. The van der Waals surface area contributed by atoms with Crippen molar-refractivity contribution < 1.29 is 0 Å². The maximum Gasteiger partial charge on any atom is 0.205 e. The van der Waals surface area contributed by atoms with E-state index in [1.165, 1.54) is 10.8 Å². The molecule has 0 saturated heterocycles. The second-order valence-corrected chi connectivity index (χ2v) is 5.89. The molecule has 3 aromatic carbocycles. The zero-order chi connectivity index (χ0) is 14.4. The summed E-state index contributed by atoms with van der Waals surface area (Å²) in [6.45, 7) is 0. The average Bonchev–Trinajstić information content (AvgIpc) is 2.82. The number of rotatable bonds is 1. The Labute approximate surface area is 130 Å². The summed E-state index contributed by atoms with van der Waals surface area (Å²) in [5.74, 6) is 0.499. The van der Waals surface area contributed by atoms with Crippen molar-refractivity contribution in [3.8, 4) is 5.69 Å². The van der Waals surface area contributed by atoms with Crippen LogP contribution in [-0.4, -0.2) is 9.55 Å². The first-order chi connectivity index (χ1) is 10.2. The summed E-state index contributed by atoms with van der Waals surface area (Å²) in [7, 11) is 0. The average molecular weight is 338 g/mol. The zero-order valence-corrected chi connectivity index (χ0v) is 12.7. The number of halogens is 1. The number of aromatic nitrogens is 2. The van der Waals surface area contributed by atoms with Crippen molar-refractivity contribution in [1.82, 2.24) is 9.55 Å². The van der Waals surface area contributed by atoms with Crippen LogP contribution < -0.4 is 5.73 Å². The number of fused-ring (bicyclic) bond motifs is 2. The largest absolute Gasteiger partial charge is 0.369 e. The molecule has 4 rings (SSSR count). The van der Waals surface area contributed by atoms with Gasteiger partial charge in [-0.15, -0.1) is 0 Å². The predicted octanol–water partition coefficient (Wildman–Crippen LogP) is 4.52. The van der Waals surface area contributed by atoms with Gasteiger partial charge in [0.2, 0.25) is 5.95 Å². The van der Waals surface area contributed by atoms with Gasteiger partial charge in [0.05, 0.1) is 11.0 Å². The molecule has 1 aromatic heterocycles. The minimum Gasteiger partial charge on any atom is -0.369 e. The summed E-state index contributed by atoms with van der Waals surface area (Å²) in [5, 5.41) is 2.40. The molecule has 0 atom stereocenters. The molecule has 0 radical (unpaired) electrons. The normalized spacial score (nSPS) is 11.3. The lowest BCUT2D eigenvalue weighted by molar-refractivity contribution is 1.11. The summed E-state index contributed by atoms with van der Waals surface area (Å²) in [6, 6.07) is 20.6. The van der Waals surface area contributed by atoms with E-state index in [-0.39, 0.29) is 0 Å². The van der Waals surface area contributed by atoms with Crippen LogP contribution in [0.1, 0.15) is 0 Å². The second-order valence-electron chi connectivity index (χ2n) is 4.97. The molecule has 102 valence electrons. The third-order valence-electron chi connectivity index (χ3n) is 3.63. The van der Waals surface area contributed by atoms with E-state index in [0.717, 1.165) is 21.2 Å². The Bertz CT molecular complexity index is 972. The van der Waals surface area contributed by atoms with Gasteiger partial charge in [-0.1, -0.05) is 46.3 Å². The molecule has 0 amide bonds. The van der Waals surface area contributed by atoms with E-state index in [1.807, 2.05) is 34.9 Å². The van der Waals surface area contributed by atoms with Crippen LogP contribution in [0.5, 0.6) is 0 Å². The topological polar surface area (TPSA) is 43.8 Å². The number of benzene rings is 3. The SMILES string of the molecule is Nc1nc2ccc(Br)cc2n1-c1ccc2ccccc2c1. The van der Waals surface area contributed by atoms with Crippen molar-refractivity contribution in [2.75, 3.05) is 5.73 Å². The fraction of sp³-hybridized carbons (Fsp3) is 0. The van der Waals surface area contributed by atoms with Crippen molar-refractivity contribution in [3.05, 3.63) is 65.1 Å². The Morgan fingerprint density at radius 3 is 2.57 bits per heavy atom. The lowest BCUT2D eigenvalue weighted by Crippen LogP contribution is -2.00. The molecule has 0 aliphatic carbocycles. The van der Waals surface area contributed by atoms with Gasteiger partial charge in [-0.3, -0.25) is 4.57 Å². The molecule has 0 bridgehead atoms. The van der Waals surface area contributed by atoms with E-state index < -0.39 is 0 Å². The Balaban J connectivity index is 2.03. The molecule has 0 fully saturated rings. The first-order valence-corrected chi connectivity index (χ1v) is 7.44. The lowest BCUT2D eigenvalue weighted by Gasteiger charge is -2.08. The number of nitrogens with two attached hydrogens (primary N) is 1. The molecule has 21 heavy (non-hydrogen) atoms. The van der Waals surface area contributed by atoms with Gasteiger partial charge in [0, 0.05) is 10.2 Å². The molecule has 0 saturated carbocycles. The van der Waals surface area contributed by atoms with Gasteiger partial charge in [-0.05, 0) is 41.1 Å². The van der Waals surface area contributed by atoms with Crippen LogP contribution in [0.3, 0.4) is 0 Å². The van der Waals surface area contributed by atoms with Crippen molar-refractivity contribution in [2.45, 2.75) is 0 Å². The van der Waals surface area contributed by atoms with Gasteiger partial charge in [0.25, 0.3) is 0 Å². The van der Waals surface area contributed by atoms with Crippen LogP contribution >= 0.6 is 15.9 Å². The highest BCUT2D eigenvalue weighted by Crippen LogP contribution is 2.27. The van der Waals surface area contributed by atoms with Crippen molar-refractivity contribution >= 4 is 43.7 Å². The molecule has 0 aliphatic heterocycles. The smallest absolute Gasteiger partial charge is 0.205 e. The highest BCUT2D eigenvalue weighted by Gasteiger charge is 2.10. The fourth-order valence-electron chi connectivity index (χ4n) is 2.65. The van der Waals surface area contributed by atoms with Gasteiger partial charge >= 0.3 is 0 Å². The van der Waals surface area contributed by atoms with E-state index in [9.17, 15) is 0 Å². The van der Waals surface area contributed by atoms with Crippen LogP contribution in [-0.2, 0) is 0 Å². The predicted molar refractivity (Wildman–Crippen MR) is 90.7 cm³/mol. The third-order valence-corrected chi connectivity index (χ3v) is 4.13. The Hall–Kier alpha value is -2.33. The highest BCUT2D eigenvalue weighted by molar-refractivity contribution is 9.10.